The normalized spacial score (nSPS) is 13.9. The highest BCUT2D eigenvalue weighted by Crippen LogP contribution is 2.34. The molecule has 0 bridgehead atoms. The first kappa shape index (κ1) is 27.9. The lowest BCUT2D eigenvalue weighted by Gasteiger charge is -2.12. The molecule has 0 unspecified atom stereocenters. The van der Waals surface area contributed by atoms with Gasteiger partial charge in [-0.2, -0.15) is 0 Å². The lowest BCUT2D eigenvalue weighted by molar-refractivity contribution is -0.127. The van der Waals surface area contributed by atoms with Crippen LogP contribution in [0, 0.1) is 5.82 Å². The highest BCUT2D eigenvalue weighted by Gasteiger charge is 2.36. The van der Waals surface area contributed by atoms with Crippen LogP contribution >= 0.6 is 27.7 Å². The molecular formula is C27H21BrFN3O6S. The molecule has 1 saturated heterocycles. The van der Waals surface area contributed by atoms with E-state index in [1.807, 2.05) is 0 Å². The number of nitrogens with zero attached hydrogens (tertiary/aromatic N) is 1. The SMILES string of the molecule is COc1ccc(NC(=O)CN2C(=O)S/C(=C/c3ccc(OCC(=O)Nc4ccc(F)cc4)c(Br)c3)C2=O)cc1. The Kier molecular flexibility index (Phi) is 8.99. The third kappa shape index (κ3) is 7.45. The van der Waals surface area contributed by atoms with Crippen LogP contribution in [0.2, 0.25) is 0 Å². The number of carbonyl (C=O) groups is 4. The van der Waals surface area contributed by atoms with Crippen LogP contribution in [-0.2, 0) is 14.4 Å². The fourth-order valence-corrected chi connectivity index (χ4v) is 4.75. The Labute approximate surface area is 235 Å². The number of rotatable bonds is 9. The highest BCUT2D eigenvalue weighted by molar-refractivity contribution is 9.10. The number of carbonyl (C=O) groups excluding carboxylic acids is 4. The fraction of sp³-hybridized carbons (Fsp3) is 0.111. The van der Waals surface area contributed by atoms with Crippen LogP contribution in [0.5, 0.6) is 11.5 Å². The Balaban J connectivity index is 1.33. The molecule has 3 aromatic rings. The van der Waals surface area contributed by atoms with Crippen molar-refractivity contribution in [2.24, 2.45) is 0 Å². The minimum absolute atomic E-state index is 0.163. The molecule has 1 fully saturated rings. The Hall–Kier alpha value is -4.16. The molecule has 9 nitrogen and oxygen atoms in total. The third-order valence-corrected chi connectivity index (χ3v) is 6.82. The molecule has 1 aliphatic heterocycles. The van der Waals surface area contributed by atoms with Gasteiger partial charge in [-0.3, -0.25) is 24.1 Å². The van der Waals surface area contributed by atoms with Crippen molar-refractivity contribution in [3.8, 4) is 11.5 Å². The first-order valence-corrected chi connectivity index (χ1v) is 13.0. The van der Waals surface area contributed by atoms with Crippen LogP contribution in [0.15, 0.2) is 76.1 Å². The maximum Gasteiger partial charge on any atom is 0.294 e. The van der Waals surface area contributed by atoms with Gasteiger partial charge in [0, 0.05) is 11.4 Å². The monoisotopic (exact) mass is 613 g/mol. The summed E-state index contributed by atoms with van der Waals surface area (Å²) in [4.78, 5) is 50.8. The van der Waals surface area contributed by atoms with Gasteiger partial charge in [-0.05, 0) is 100.0 Å². The maximum absolute atomic E-state index is 13.0. The average molecular weight is 614 g/mol. The Bertz CT molecular complexity index is 1450. The van der Waals surface area contributed by atoms with Crippen molar-refractivity contribution in [1.29, 1.82) is 0 Å². The zero-order valence-corrected chi connectivity index (χ0v) is 22.8. The lowest BCUT2D eigenvalue weighted by Crippen LogP contribution is -2.36. The lowest BCUT2D eigenvalue weighted by atomic mass is 10.2. The van der Waals surface area contributed by atoms with E-state index < -0.39 is 35.3 Å². The largest absolute Gasteiger partial charge is 0.497 e. The number of anilines is 2. The van der Waals surface area contributed by atoms with E-state index in [0.29, 0.717) is 32.9 Å². The van der Waals surface area contributed by atoms with Crippen molar-refractivity contribution >= 4 is 68.1 Å². The minimum Gasteiger partial charge on any atom is -0.497 e. The second kappa shape index (κ2) is 12.6. The molecular weight excluding hydrogens is 593 g/mol. The van der Waals surface area contributed by atoms with Crippen molar-refractivity contribution < 1.29 is 33.0 Å². The Morgan fingerprint density at radius 1 is 0.974 bits per heavy atom. The summed E-state index contributed by atoms with van der Waals surface area (Å²) in [6.45, 7) is -0.711. The predicted octanol–water partition coefficient (Wildman–Crippen LogP) is 5.29. The molecule has 12 heteroatoms. The van der Waals surface area contributed by atoms with E-state index in [0.717, 1.165) is 16.7 Å². The number of benzene rings is 3. The predicted molar refractivity (Wildman–Crippen MR) is 149 cm³/mol. The minimum atomic E-state index is -0.580. The summed E-state index contributed by atoms with van der Waals surface area (Å²) < 4.78 is 24.1. The van der Waals surface area contributed by atoms with Crippen molar-refractivity contribution in [3.63, 3.8) is 0 Å². The number of hydrogen-bond acceptors (Lipinski definition) is 7. The summed E-state index contributed by atoms with van der Waals surface area (Å²) in [5, 5.41) is 4.69. The van der Waals surface area contributed by atoms with Gasteiger partial charge in [0.1, 0.15) is 23.9 Å². The van der Waals surface area contributed by atoms with E-state index in [2.05, 4.69) is 26.6 Å². The third-order valence-electron chi connectivity index (χ3n) is 5.29. The summed E-state index contributed by atoms with van der Waals surface area (Å²) in [6, 6.07) is 16.9. The molecule has 1 heterocycles. The van der Waals surface area contributed by atoms with Gasteiger partial charge in [-0.15, -0.1) is 0 Å². The first-order chi connectivity index (χ1) is 18.7. The van der Waals surface area contributed by atoms with Crippen molar-refractivity contribution in [3.05, 3.63) is 87.5 Å². The molecule has 2 N–H and O–H groups in total. The number of amides is 4. The topological polar surface area (TPSA) is 114 Å². The van der Waals surface area contributed by atoms with Gasteiger partial charge in [0.05, 0.1) is 16.5 Å². The van der Waals surface area contributed by atoms with E-state index >= 15 is 0 Å². The zero-order valence-electron chi connectivity index (χ0n) is 20.4. The van der Waals surface area contributed by atoms with E-state index in [4.69, 9.17) is 9.47 Å². The summed E-state index contributed by atoms with van der Waals surface area (Å²) in [6.07, 6.45) is 1.53. The molecule has 0 spiro atoms. The Morgan fingerprint density at radius 3 is 2.26 bits per heavy atom. The van der Waals surface area contributed by atoms with Gasteiger partial charge in [-0.25, -0.2) is 4.39 Å². The molecule has 3 aromatic carbocycles. The smallest absolute Gasteiger partial charge is 0.294 e. The van der Waals surface area contributed by atoms with E-state index in [1.54, 1.807) is 42.5 Å². The molecule has 1 aliphatic rings. The number of thioether (sulfide) groups is 1. The van der Waals surface area contributed by atoms with Crippen LogP contribution in [0.3, 0.4) is 0 Å². The standard InChI is InChI=1S/C27H21BrFN3O6S/c1-37-20-9-7-19(8-10-20)30-24(33)14-32-26(35)23(39-27(32)36)13-16-2-11-22(21(28)12-16)38-15-25(34)31-18-5-3-17(29)4-6-18/h2-13H,14-15H2,1H3,(H,30,33)(H,31,34)/b23-13+. The van der Waals surface area contributed by atoms with Crippen LogP contribution < -0.4 is 20.1 Å². The summed E-state index contributed by atoms with van der Waals surface area (Å²) in [5.74, 6) is -0.928. The summed E-state index contributed by atoms with van der Waals surface area (Å²) in [5.41, 5.74) is 1.54. The quantitative estimate of drug-likeness (QED) is 0.315. The molecule has 0 saturated carbocycles. The van der Waals surface area contributed by atoms with Gasteiger partial charge in [-0.1, -0.05) is 6.07 Å². The Morgan fingerprint density at radius 2 is 1.62 bits per heavy atom. The van der Waals surface area contributed by atoms with E-state index in [1.165, 1.54) is 37.5 Å². The molecule has 4 rings (SSSR count). The van der Waals surface area contributed by atoms with Crippen molar-refractivity contribution in [1.82, 2.24) is 4.90 Å². The zero-order chi connectivity index (χ0) is 27.9. The van der Waals surface area contributed by atoms with E-state index in [9.17, 15) is 23.6 Å². The van der Waals surface area contributed by atoms with Gasteiger partial charge >= 0.3 is 0 Å². The van der Waals surface area contributed by atoms with Crippen LogP contribution in [0.4, 0.5) is 20.6 Å². The fourth-order valence-electron chi connectivity index (χ4n) is 3.40. The second-order valence-electron chi connectivity index (χ2n) is 8.08. The number of methoxy groups -OCH3 is 1. The second-order valence-corrected chi connectivity index (χ2v) is 9.93. The number of halogens is 2. The highest BCUT2D eigenvalue weighted by atomic mass is 79.9. The number of ether oxygens (including phenoxy) is 2. The molecule has 0 atom stereocenters. The molecule has 0 aromatic heterocycles. The first-order valence-electron chi connectivity index (χ1n) is 11.4. The van der Waals surface area contributed by atoms with Crippen LogP contribution in [-0.4, -0.2) is 48.1 Å². The van der Waals surface area contributed by atoms with Gasteiger partial charge in [0.15, 0.2) is 6.61 Å². The summed E-state index contributed by atoms with van der Waals surface area (Å²) >= 11 is 4.11. The summed E-state index contributed by atoms with van der Waals surface area (Å²) in [7, 11) is 1.53. The molecule has 39 heavy (non-hydrogen) atoms. The number of hydrogen-bond donors (Lipinski definition) is 2. The average Bonchev–Trinajstić information content (AvgIpc) is 3.17. The van der Waals surface area contributed by atoms with Gasteiger partial charge < -0.3 is 20.1 Å². The van der Waals surface area contributed by atoms with Crippen LogP contribution in [0.1, 0.15) is 5.56 Å². The number of nitrogens with one attached hydrogen (secondary N) is 2. The molecule has 0 radical (unpaired) electrons. The maximum atomic E-state index is 13.0. The van der Waals surface area contributed by atoms with Gasteiger partial charge in [0.25, 0.3) is 17.1 Å². The number of imide groups is 1. The molecule has 0 aliphatic carbocycles. The van der Waals surface area contributed by atoms with Crippen molar-refractivity contribution in [2.45, 2.75) is 0 Å². The van der Waals surface area contributed by atoms with Gasteiger partial charge in [0.2, 0.25) is 5.91 Å². The van der Waals surface area contributed by atoms with Crippen molar-refractivity contribution in [2.75, 3.05) is 30.9 Å². The van der Waals surface area contributed by atoms with E-state index in [-0.39, 0.29) is 11.5 Å². The molecule has 200 valence electrons. The van der Waals surface area contributed by atoms with Crippen LogP contribution in [0.25, 0.3) is 6.08 Å². The molecule has 4 amide bonds.